The molecule has 0 unspecified atom stereocenters. The Morgan fingerprint density at radius 2 is 1.70 bits per heavy atom. The van der Waals surface area contributed by atoms with E-state index in [0.29, 0.717) is 26.2 Å². The van der Waals surface area contributed by atoms with Gasteiger partial charge in [-0.3, -0.25) is 4.90 Å². The first kappa shape index (κ1) is 29.0. The summed E-state index contributed by atoms with van der Waals surface area (Å²) >= 11 is 0. The van der Waals surface area contributed by atoms with E-state index in [9.17, 15) is 4.79 Å². The van der Waals surface area contributed by atoms with Crippen LogP contribution in [-0.4, -0.2) is 73.9 Å². The number of rotatable bonds is 6. The van der Waals surface area contributed by atoms with Gasteiger partial charge in [0.25, 0.3) is 0 Å². The summed E-state index contributed by atoms with van der Waals surface area (Å²) in [6.45, 7) is 23.2. The molecule has 0 aliphatic carbocycles. The highest BCUT2D eigenvalue weighted by Crippen LogP contribution is 2.37. The van der Waals surface area contributed by atoms with Crippen LogP contribution in [0.5, 0.6) is 5.75 Å². The molecule has 3 heterocycles. The van der Waals surface area contributed by atoms with Crippen molar-refractivity contribution in [3.8, 4) is 11.6 Å². The molecule has 2 aromatic rings. The molecule has 2 aromatic heterocycles. The highest BCUT2D eigenvalue weighted by molar-refractivity contribution is 6.74. The Balaban J connectivity index is 1.89. The molecule has 1 aliphatic rings. The molecule has 206 valence electrons. The molecule has 1 atom stereocenters. The van der Waals surface area contributed by atoms with Crippen molar-refractivity contribution in [3.05, 3.63) is 35.8 Å². The number of aryl methyl sites for hydroxylation is 2. The Hall–Kier alpha value is -2.52. The van der Waals surface area contributed by atoms with Crippen LogP contribution >= 0.6 is 0 Å². The zero-order valence-electron chi connectivity index (χ0n) is 24.6. The maximum atomic E-state index is 13.2. The molecule has 8 nitrogen and oxygen atoms in total. The topological polar surface area (TPSA) is 69.1 Å². The largest absolute Gasteiger partial charge is 0.494 e. The van der Waals surface area contributed by atoms with E-state index in [1.54, 1.807) is 7.11 Å². The molecular formula is C28H46N4O4Si. The van der Waals surface area contributed by atoms with E-state index >= 15 is 0 Å². The molecule has 37 heavy (non-hydrogen) atoms. The smallest absolute Gasteiger partial charge is 0.410 e. The number of hydrogen-bond acceptors (Lipinski definition) is 6. The van der Waals surface area contributed by atoms with E-state index in [1.807, 2.05) is 37.9 Å². The Morgan fingerprint density at radius 1 is 1.08 bits per heavy atom. The fourth-order valence-electron chi connectivity index (χ4n) is 4.27. The summed E-state index contributed by atoms with van der Waals surface area (Å²) in [5.74, 6) is 1.58. The Labute approximate surface area is 224 Å². The maximum absolute atomic E-state index is 13.2. The summed E-state index contributed by atoms with van der Waals surface area (Å²) in [7, 11) is -0.318. The van der Waals surface area contributed by atoms with Gasteiger partial charge in [0.05, 0.1) is 31.6 Å². The number of hydrogen-bond donors (Lipinski definition) is 0. The standard InChI is InChI=1S/C28H46N4O4Si/c1-20-12-13-21(2)32(20)25-16-24(34-9)23(17-29-25)30-14-15-31(26(33)36-27(3,4)5)22(18-30)19-35-37(10,11)28(6,7)8/h12-13,16-17,22H,14-15,18-19H2,1-11H3/t22-/m1/s1. The van der Waals surface area contributed by atoms with E-state index in [4.69, 9.17) is 18.9 Å². The number of amides is 1. The van der Waals surface area contributed by atoms with Crippen LogP contribution in [-0.2, 0) is 9.16 Å². The second kappa shape index (κ2) is 10.7. The highest BCUT2D eigenvalue weighted by Gasteiger charge is 2.40. The van der Waals surface area contributed by atoms with Crippen LogP contribution in [0.25, 0.3) is 5.82 Å². The Morgan fingerprint density at radius 3 is 2.24 bits per heavy atom. The summed E-state index contributed by atoms with van der Waals surface area (Å²) in [4.78, 5) is 22.0. The number of ether oxygens (including phenoxy) is 2. The average molecular weight is 531 g/mol. The number of methoxy groups -OCH3 is 1. The van der Waals surface area contributed by atoms with Crippen molar-refractivity contribution in [2.24, 2.45) is 0 Å². The van der Waals surface area contributed by atoms with E-state index in [1.165, 1.54) is 0 Å². The quantitative estimate of drug-likeness (QED) is 0.430. The van der Waals surface area contributed by atoms with Crippen LogP contribution in [0.15, 0.2) is 24.4 Å². The summed E-state index contributed by atoms with van der Waals surface area (Å²) in [6, 6.07) is 5.99. The van der Waals surface area contributed by atoms with E-state index in [-0.39, 0.29) is 17.2 Å². The molecule has 0 bridgehead atoms. The van der Waals surface area contributed by atoms with Gasteiger partial charge in [-0.05, 0) is 64.9 Å². The first-order valence-corrected chi connectivity index (χ1v) is 16.0. The summed E-state index contributed by atoms with van der Waals surface area (Å²) in [6.07, 6.45) is 1.58. The zero-order chi connectivity index (χ0) is 27.8. The average Bonchev–Trinajstić information content (AvgIpc) is 3.13. The lowest BCUT2D eigenvalue weighted by Gasteiger charge is -2.44. The van der Waals surface area contributed by atoms with E-state index in [2.05, 4.69) is 69.3 Å². The number of carbonyl (C=O) groups excluding carboxylic acids is 1. The van der Waals surface area contributed by atoms with Gasteiger partial charge in [0.15, 0.2) is 8.32 Å². The fourth-order valence-corrected chi connectivity index (χ4v) is 5.31. The monoisotopic (exact) mass is 530 g/mol. The van der Waals surface area contributed by atoms with Crippen molar-refractivity contribution in [1.82, 2.24) is 14.5 Å². The molecule has 0 N–H and O–H groups in total. The van der Waals surface area contributed by atoms with Gasteiger partial charge in [-0.1, -0.05) is 20.8 Å². The lowest BCUT2D eigenvalue weighted by atomic mass is 10.1. The first-order chi connectivity index (χ1) is 17.0. The van der Waals surface area contributed by atoms with Crippen molar-refractivity contribution in [1.29, 1.82) is 0 Å². The van der Waals surface area contributed by atoms with Gasteiger partial charge in [-0.25, -0.2) is 9.78 Å². The van der Waals surface area contributed by atoms with E-state index in [0.717, 1.165) is 28.6 Å². The van der Waals surface area contributed by atoms with Crippen molar-refractivity contribution in [2.75, 3.05) is 38.3 Å². The minimum absolute atomic E-state index is 0.0792. The van der Waals surface area contributed by atoms with Crippen molar-refractivity contribution in [2.45, 2.75) is 85.2 Å². The second-order valence-corrected chi connectivity index (χ2v) is 17.3. The van der Waals surface area contributed by atoms with Crippen LogP contribution in [0.4, 0.5) is 10.5 Å². The van der Waals surface area contributed by atoms with Crippen LogP contribution in [0.2, 0.25) is 18.1 Å². The minimum atomic E-state index is -2.01. The molecule has 3 rings (SSSR count). The van der Waals surface area contributed by atoms with Crippen LogP contribution in [0.1, 0.15) is 52.9 Å². The third-order valence-electron chi connectivity index (χ3n) is 7.45. The predicted octanol–water partition coefficient (Wildman–Crippen LogP) is 5.95. The van der Waals surface area contributed by atoms with Crippen LogP contribution in [0, 0.1) is 13.8 Å². The lowest BCUT2D eigenvalue weighted by Crippen LogP contribution is -2.59. The predicted molar refractivity (Wildman–Crippen MR) is 152 cm³/mol. The third-order valence-corrected chi connectivity index (χ3v) is 11.9. The summed E-state index contributed by atoms with van der Waals surface area (Å²) < 4.78 is 20.3. The van der Waals surface area contributed by atoms with Gasteiger partial charge in [0, 0.05) is 37.1 Å². The summed E-state index contributed by atoms with van der Waals surface area (Å²) in [5.41, 5.74) is 2.59. The van der Waals surface area contributed by atoms with Crippen molar-refractivity contribution >= 4 is 20.1 Å². The van der Waals surface area contributed by atoms with Gasteiger partial charge in [-0.2, -0.15) is 0 Å². The van der Waals surface area contributed by atoms with Crippen molar-refractivity contribution in [3.63, 3.8) is 0 Å². The number of aromatic nitrogens is 2. The molecular weight excluding hydrogens is 484 g/mol. The number of carbonyl (C=O) groups is 1. The molecule has 1 aliphatic heterocycles. The van der Waals surface area contributed by atoms with Gasteiger partial charge in [-0.15, -0.1) is 0 Å². The highest BCUT2D eigenvalue weighted by atomic mass is 28.4. The lowest BCUT2D eigenvalue weighted by molar-refractivity contribution is 0.00781. The normalized spacial score (nSPS) is 17.2. The number of piperazine rings is 1. The number of pyridine rings is 1. The van der Waals surface area contributed by atoms with Gasteiger partial charge >= 0.3 is 6.09 Å². The zero-order valence-corrected chi connectivity index (χ0v) is 25.6. The first-order valence-electron chi connectivity index (χ1n) is 13.1. The molecule has 9 heteroatoms. The Bertz CT molecular complexity index is 1080. The van der Waals surface area contributed by atoms with Gasteiger partial charge < -0.3 is 23.4 Å². The minimum Gasteiger partial charge on any atom is -0.494 e. The van der Waals surface area contributed by atoms with Crippen molar-refractivity contribution < 1.29 is 18.7 Å². The maximum Gasteiger partial charge on any atom is 0.410 e. The molecule has 1 saturated heterocycles. The molecule has 0 aromatic carbocycles. The molecule has 0 radical (unpaired) electrons. The summed E-state index contributed by atoms with van der Waals surface area (Å²) in [5, 5.41) is 0.0792. The Kier molecular flexibility index (Phi) is 8.39. The third kappa shape index (κ3) is 6.68. The SMILES string of the molecule is COc1cc(-n2c(C)ccc2C)ncc1N1CCN(C(=O)OC(C)(C)C)[C@@H](CO[Si](C)(C)C(C)(C)C)C1. The van der Waals surface area contributed by atoms with Gasteiger partial charge in [0.2, 0.25) is 0 Å². The molecule has 0 saturated carbocycles. The molecule has 1 fully saturated rings. The second-order valence-electron chi connectivity index (χ2n) is 12.5. The molecule has 1 amide bonds. The van der Waals surface area contributed by atoms with Crippen LogP contribution < -0.4 is 9.64 Å². The van der Waals surface area contributed by atoms with E-state index < -0.39 is 13.9 Å². The fraction of sp³-hybridized carbons (Fsp3) is 0.643. The van der Waals surface area contributed by atoms with Crippen LogP contribution in [0.3, 0.4) is 0 Å². The number of nitrogens with zero attached hydrogens (tertiary/aromatic N) is 4. The number of anilines is 1. The van der Waals surface area contributed by atoms with Gasteiger partial charge in [0.1, 0.15) is 17.2 Å². The molecule has 0 spiro atoms.